The Bertz CT molecular complexity index is 1130. The van der Waals surface area contributed by atoms with Crippen LogP contribution in [0.25, 0.3) is 11.3 Å². The van der Waals surface area contributed by atoms with Gasteiger partial charge in [-0.2, -0.15) is 0 Å². The third-order valence-electron chi connectivity index (χ3n) is 6.55. The minimum atomic E-state index is -0.763. The molecule has 1 saturated carbocycles. The van der Waals surface area contributed by atoms with Gasteiger partial charge < -0.3 is 14.6 Å². The van der Waals surface area contributed by atoms with E-state index >= 15 is 0 Å². The molecule has 1 aromatic heterocycles. The predicted molar refractivity (Wildman–Crippen MR) is 124 cm³/mol. The number of hydrogen-bond acceptors (Lipinski definition) is 6. The number of Topliss-reactive ketones (excluding diaryl/α,β-unsaturated/α-hetero) is 1. The lowest BCUT2D eigenvalue weighted by atomic mass is 9.78. The van der Waals surface area contributed by atoms with Crippen molar-refractivity contribution in [2.45, 2.75) is 63.7 Å². The quantitative estimate of drug-likeness (QED) is 0.604. The number of aromatic nitrogens is 3. The first kappa shape index (κ1) is 21.6. The van der Waals surface area contributed by atoms with E-state index in [1.165, 1.54) is 12.0 Å². The summed E-state index contributed by atoms with van der Waals surface area (Å²) in [5.41, 5.74) is 3.19. The zero-order chi connectivity index (χ0) is 22.8. The molecule has 0 amide bonds. The van der Waals surface area contributed by atoms with E-state index in [0.717, 1.165) is 36.9 Å². The minimum absolute atomic E-state index is 0.0948. The molecule has 33 heavy (non-hydrogen) atoms. The second-order valence-electron chi connectivity index (χ2n) is 9.26. The summed E-state index contributed by atoms with van der Waals surface area (Å²) in [6, 6.07) is 13.4. The highest BCUT2D eigenvalue weighted by Gasteiger charge is 2.41. The third-order valence-corrected chi connectivity index (χ3v) is 6.55. The fourth-order valence-electron chi connectivity index (χ4n) is 4.74. The number of aliphatic hydroxyl groups excluding tert-OH is 1. The zero-order valence-electron chi connectivity index (χ0n) is 18.9. The van der Waals surface area contributed by atoms with Crippen LogP contribution in [0.3, 0.4) is 0 Å². The van der Waals surface area contributed by atoms with Crippen LogP contribution < -0.4 is 9.47 Å². The molecule has 7 nitrogen and oxygen atoms in total. The standard InChI is InChI=1S/C26H29N3O4/c1-18-5-7-19(8-6-18)23-16-29(28-27-23)15-20(30)17-32-21-9-10-22-24(31)14-26(33-25(22)13-21)11-3-2-4-12-26/h5-10,13,16,20,30H,2-4,11-12,14-15,17H2,1H3. The maximum atomic E-state index is 12.7. The van der Waals surface area contributed by atoms with Crippen molar-refractivity contribution in [3.63, 3.8) is 0 Å². The Labute approximate surface area is 193 Å². The van der Waals surface area contributed by atoms with Gasteiger partial charge >= 0.3 is 0 Å². The van der Waals surface area contributed by atoms with Gasteiger partial charge in [-0.1, -0.05) is 41.5 Å². The molecular formula is C26H29N3O4. The number of ether oxygens (including phenoxy) is 2. The lowest BCUT2D eigenvalue weighted by Crippen LogP contribution is -2.43. The molecule has 1 atom stereocenters. The molecule has 7 heteroatoms. The van der Waals surface area contributed by atoms with Crippen molar-refractivity contribution < 1.29 is 19.4 Å². The number of fused-ring (bicyclic) bond motifs is 1. The van der Waals surface area contributed by atoms with E-state index in [-0.39, 0.29) is 24.5 Å². The molecule has 1 unspecified atom stereocenters. The average Bonchev–Trinajstić information content (AvgIpc) is 3.26. The fraction of sp³-hybridized carbons (Fsp3) is 0.423. The number of rotatable bonds is 6. The summed E-state index contributed by atoms with van der Waals surface area (Å²) in [6.07, 6.45) is 6.75. The van der Waals surface area contributed by atoms with Gasteiger partial charge in [-0.15, -0.1) is 5.10 Å². The highest BCUT2D eigenvalue weighted by molar-refractivity contribution is 6.00. The topological polar surface area (TPSA) is 86.5 Å². The lowest BCUT2D eigenvalue weighted by Gasteiger charge is -2.40. The van der Waals surface area contributed by atoms with Crippen molar-refractivity contribution in [2.75, 3.05) is 6.61 Å². The van der Waals surface area contributed by atoms with Crippen LogP contribution in [0, 0.1) is 6.92 Å². The van der Waals surface area contributed by atoms with Crippen molar-refractivity contribution in [1.29, 1.82) is 0 Å². The fourth-order valence-corrected chi connectivity index (χ4v) is 4.74. The Morgan fingerprint density at radius 3 is 2.73 bits per heavy atom. The Kier molecular flexibility index (Phi) is 5.89. The highest BCUT2D eigenvalue weighted by atomic mass is 16.5. The van der Waals surface area contributed by atoms with Gasteiger partial charge in [0.15, 0.2) is 5.78 Å². The SMILES string of the molecule is Cc1ccc(-c2cn(CC(O)COc3ccc4c(c3)OC3(CCCCC3)CC4=O)nn2)cc1. The molecule has 1 aliphatic heterocycles. The zero-order valence-corrected chi connectivity index (χ0v) is 18.9. The third kappa shape index (κ3) is 4.78. The van der Waals surface area contributed by atoms with Crippen LogP contribution in [0.15, 0.2) is 48.7 Å². The van der Waals surface area contributed by atoms with Crippen LogP contribution in [0.5, 0.6) is 11.5 Å². The molecule has 2 aliphatic rings. The van der Waals surface area contributed by atoms with Crippen LogP contribution in [0.1, 0.15) is 54.4 Å². The molecule has 3 aromatic rings. The maximum Gasteiger partial charge on any atom is 0.170 e. The molecule has 0 bridgehead atoms. The van der Waals surface area contributed by atoms with Crippen molar-refractivity contribution >= 4 is 5.78 Å². The van der Waals surface area contributed by atoms with Gasteiger partial charge in [-0.3, -0.25) is 4.79 Å². The number of hydrogen-bond donors (Lipinski definition) is 1. The summed E-state index contributed by atoms with van der Waals surface area (Å²) in [7, 11) is 0. The summed E-state index contributed by atoms with van der Waals surface area (Å²) >= 11 is 0. The van der Waals surface area contributed by atoms with E-state index in [9.17, 15) is 9.90 Å². The maximum absolute atomic E-state index is 12.7. The molecular weight excluding hydrogens is 418 g/mol. The summed E-state index contributed by atoms with van der Waals surface area (Å²) in [5.74, 6) is 1.31. The van der Waals surface area contributed by atoms with Gasteiger partial charge in [0, 0.05) is 11.6 Å². The monoisotopic (exact) mass is 447 g/mol. The highest BCUT2D eigenvalue weighted by Crippen LogP contribution is 2.42. The van der Waals surface area contributed by atoms with Crippen LogP contribution >= 0.6 is 0 Å². The van der Waals surface area contributed by atoms with Crippen molar-refractivity contribution in [3.05, 3.63) is 59.8 Å². The first-order valence-electron chi connectivity index (χ1n) is 11.6. The lowest BCUT2D eigenvalue weighted by molar-refractivity contribution is 0.0132. The van der Waals surface area contributed by atoms with Crippen LogP contribution in [0.4, 0.5) is 0 Å². The Hall–Kier alpha value is -3.19. The smallest absolute Gasteiger partial charge is 0.170 e. The molecule has 2 aromatic carbocycles. The van der Waals surface area contributed by atoms with E-state index in [0.29, 0.717) is 23.5 Å². The molecule has 5 rings (SSSR count). The number of carbonyl (C=O) groups is 1. The van der Waals surface area contributed by atoms with E-state index in [1.54, 1.807) is 22.9 Å². The van der Waals surface area contributed by atoms with E-state index < -0.39 is 6.10 Å². The van der Waals surface area contributed by atoms with E-state index in [4.69, 9.17) is 9.47 Å². The number of aryl methyl sites for hydroxylation is 1. The van der Waals surface area contributed by atoms with E-state index in [2.05, 4.69) is 10.3 Å². The van der Waals surface area contributed by atoms with Crippen LogP contribution in [0.2, 0.25) is 0 Å². The number of benzene rings is 2. The normalized spacial score (nSPS) is 17.9. The summed E-state index contributed by atoms with van der Waals surface area (Å²) in [4.78, 5) is 12.7. The summed E-state index contributed by atoms with van der Waals surface area (Å²) < 4.78 is 13.8. The molecule has 1 spiro atoms. The second-order valence-corrected chi connectivity index (χ2v) is 9.26. The van der Waals surface area contributed by atoms with Gasteiger partial charge in [0.2, 0.25) is 0 Å². The van der Waals surface area contributed by atoms with Crippen molar-refractivity contribution in [3.8, 4) is 22.8 Å². The van der Waals surface area contributed by atoms with Crippen LogP contribution in [-0.4, -0.2) is 44.2 Å². The number of nitrogens with zero attached hydrogens (tertiary/aromatic N) is 3. The molecule has 0 radical (unpaired) electrons. The largest absolute Gasteiger partial charge is 0.491 e. The van der Waals surface area contributed by atoms with Gasteiger partial charge in [-0.05, 0) is 44.7 Å². The van der Waals surface area contributed by atoms with Crippen molar-refractivity contribution in [1.82, 2.24) is 15.0 Å². The summed E-state index contributed by atoms with van der Waals surface area (Å²) in [5, 5.41) is 18.8. The Balaban J connectivity index is 1.20. The van der Waals surface area contributed by atoms with Gasteiger partial charge in [0.25, 0.3) is 0 Å². The van der Waals surface area contributed by atoms with Crippen molar-refractivity contribution in [2.24, 2.45) is 0 Å². The number of ketones is 1. The van der Waals surface area contributed by atoms with Gasteiger partial charge in [0.1, 0.15) is 35.5 Å². The Morgan fingerprint density at radius 1 is 1.15 bits per heavy atom. The molecule has 172 valence electrons. The molecule has 2 heterocycles. The molecule has 1 fully saturated rings. The Morgan fingerprint density at radius 2 is 1.94 bits per heavy atom. The first-order chi connectivity index (χ1) is 16.0. The number of aliphatic hydroxyl groups is 1. The van der Waals surface area contributed by atoms with Gasteiger partial charge in [-0.25, -0.2) is 4.68 Å². The van der Waals surface area contributed by atoms with Crippen LogP contribution in [-0.2, 0) is 6.54 Å². The number of carbonyl (C=O) groups excluding carboxylic acids is 1. The first-order valence-corrected chi connectivity index (χ1v) is 11.6. The minimum Gasteiger partial charge on any atom is -0.491 e. The van der Waals surface area contributed by atoms with E-state index in [1.807, 2.05) is 37.4 Å². The molecule has 1 aliphatic carbocycles. The molecule has 1 N–H and O–H groups in total. The molecule has 0 saturated heterocycles. The van der Waals surface area contributed by atoms with Gasteiger partial charge in [0.05, 0.1) is 24.7 Å². The predicted octanol–water partition coefficient (Wildman–Crippen LogP) is 4.36. The second kappa shape index (κ2) is 8.98. The average molecular weight is 448 g/mol. The summed E-state index contributed by atoms with van der Waals surface area (Å²) in [6.45, 7) is 2.40.